The smallest absolute Gasteiger partial charge is 0.0480 e. The summed E-state index contributed by atoms with van der Waals surface area (Å²) in [6.45, 7) is 7.59. The Morgan fingerprint density at radius 2 is 1.19 bits per heavy atom. The van der Waals surface area contributed by atoms with Crippen LogP contribution in [0.1, 0.15) is 72.1 Å². The van der Waals surface area contributed by atoms with Crippen molar-refractivity contribution in [2.24, 2.45) is 0 Å². The first-order chi connectivity index (χ1) is 7.85. The average Bonchev–Trinajstić information content (AvgIpc) is 2.30. The van der Waals surface area contributed by atoms with Crippen LogP contribution in [0.2, 0.25) is 0 Å². The second-order valence-corrected chi connectivity index (χ2v) is 6.58. The maximum Gasteiger partial charge on any atom is 0.0480 e. The molecule has 0 spiro atoms. The highest BCUT2D eigenvalue weighted by atomic mass is 31.1. The summed E-state index contributed by atoms with van der Waals surface area (Å²) in [5.41, 5.74) is 0. The Bertz CT molecular complexity index is 116. The van der Waals surface area contributed by atoms with E-state index in [9.17, 15) is 0 Å². The maximum atomic E-state index is 5.87. The summed E-state index contributed by atoms with van der Waals surface area (Å²) in [6, 6.07) is 0. The van der Waals surface area contributed by atoms with Gasteiger partial charge < -0.3 is 4.52 Å². The normalized spacial score (nSPS) is 11.2. The molecule has 0 atom stereocenters. The minimum atomic E-state index is -0.0940. The van der Waals surface area contributed by atoms with Crippen LogP contribution in [-0.2, 0) is 4.52 Å². The van der Waals surface area contributed by atoms with Crippen molar-refractivity contribution in [3.63, 3.8) is 0 Å². The second kappa shape index (κ2) is 13.5. The molecule has 0 bridgehead atoms. The number of rotatable bonds is 12. The topological polar surface area (TPSA) is 9.23 Å². The van der Waals surface area contributed by atoms with E-state index in [-0.39, 0.29) is 8.15 Å². The standard InChI is InChI=1S/C14H31OP/c1-4-7-9-11-13-16(15-6-3)14-12-10-8-5-2/h4-14H2,1-3H3. The maximum absolute atomic E-state index is 5.87. The van der Waals surface area contributed by atoms with Crippen LogP contribution in [0.5, 0.6) is 0 Å². The van der Waals surface area contributed by atoms with Crippen LogP contribution in [-0.4, -0.2) is 18.9 Å². The molecule has 0 saturated heterocycles. The molecule has 0 radical (unpaired) electrons. The largest absolute Gasteiger partial charge is 0.360 e. The highest BCUT2D eigenvalue weighted by Gasteiger charge is 2.07. The molecule has 0 amide bonds. The van der Waals surface area contributed by atoms with Crippen LogP contribution in [0.15, 0.2) is 0 Å². The summed E-state index contributed by atoms with van der Waals surface area (Å²) in [6.07, 6.45) is 13.7. The van der Waals surface area contributed by atoms with E-state index in [1.165, 1.54) is 63.7 Å². The van der Waals surface area contributed by atoms with Crippen LogP contribution in [0.25, 0.3) is 0 Å². The molecule has 0 N–H and O–H groups in total. The summed E-state index contributed by atoms with van der Waals surface area (Å²) < 4.78 is 5.87. The van der Waals surface area contributed by atoms with Gasteiger partial charge in [-0.05, 0) is 32.1 Å². The monoisotopic (exact) mass is 246 g/mol. The Morgan fingerprint density at radius 3 is 1.56 bits per heavy atom. The van der Waals surface area contributed by atoms with Crippen molar-refractivity contribution in [3.8, 4) is 0 Å². The third kappa shape index (κ3) is 10.9. The molecule has 1 nitrogen and oxygen atoms in total. The molecule has 0 aliphatic rings. The van der Waals surface area contributed by atoms with Gasteiger partial charge in [0.25, 0.3) is 0 Å². The zero-order valence-electron chi connectivity index (χ0n) is 11.6. The van der Waals surface area contributed by atoms with Crippen molar-refractivity contribution in [2.45, 2.75) is 72.1 Å². The van der Waals surface area contributed by atoms with Crippen LogP contribution in [0, 0.1) is 0 Å². The predicted molar refractivity (Wildman–Crippen MR) is 76.6 cm³/mol. The first-order valence-corrected chi connectivity index (χ1v) is 8.86. The number of hydrogen-bond acceptors (Lipinski definition) is 1. The summed E-state index contributed by atoms with van der Waals surface area (Å²) in [4.78, 5) is 0. The third-order valence-corrected chi connectivity index (χ3v) is 5.09. The van der Waals surface area contributed by atoms with E-state index >= 15 is 0 Å². The van der Waals surface area contributed by atoms with E-state index in [4.69, 9.17) is 4.52 Å². The van der Waals surface area contributed by atoms with E-state index in [0.29, 0.717) is 0 Å². The highest BCUT2D eigenvalue weighted by Crippen LogP contribution is 2.39. The van der Waals surface area contributed by atoms with Crippen LogP contribution >= 0.6 is 8.15 Å². The molecule has 16 heavy (non-hydrogen) atoms. The zero-order chi connectivity index (χ0) is 12.1. The fourth-order valence-electron chi connectivity index (χ4n) is 1.85. The fourth-order valence-corrected chi connectivity index (χ4v) is 3.85. The van der Waals surface area contributed by atoms with Crippen molar-refractivity contribution in [1.82, 2.24) is 0 Å². The Labute approximate surface area is 104 Å². The van der Waals surface area contributed by atoms with Crippen LogP contribution in [0.3, 0.4) is 0 Å². The van der Waals surface area contributed by atoms with Crippen molar-refractivity contribution in [3.05, 3.63) is 0 Å². The molecule has 2 heteroatoms. The van der Waals surface area contributed by atoms with E-state index < -0.39 is 0 Å². The third-order valence-electron chi connectivity index (χ3n) is 2.83. The Balaban J connectivity index is 3.45. The molecule has 0 aliphatic carbocycles. The number of hydrogen-bond donors (Lipinski definition) is 0. The van der Waals surface area contributed by atoms with Gasteiger partial charge >= 0.3 is 0 Å². The Kier molecular flexibility index (Phi) is 13.8. The molecule has 98 valence electrons. The summed E-state index contributed by atoms with van der Waals surface area (Å²) in [5, 5.41) is 0. The zero-order valence-corrected chi connectivity index (χ0v) is 12.5. The lowest BCUT2D eigenvalue weighted by molar-refractivity contribution is 0.375. The molecule has 0 rings (SSSR count). The van der Waals surface area contributed by atoms with Gasteiger partial charge in [-0.3, -0.25) is 0 Å². The van der Waals surface area contributed by atoms with Gasteiger partial charge in [-0.15, -0.1) is 0 Å². The van der Waals surface area contributed by atoms with E-state index in [1.54, 1.807) is 0 Å². The van der Waals surface area contributed by atoms with Crippen molar-refractivity contribution in [1.29, 1.82) is 0 Å². The Morgan fingerprint density at radius 1 is 0.688 bits per heavy atom. The van der Waals surface area contributed by atoms with Gasteiger partial charge in [-0.2, -0.15) is 0 Å². The van der Waals surface area contributed by atoms with Gasteiger partial charge in [0, 0.05) is 14.8 Å². The van der Waals surface area contributed by atoms with E-state index in [1.807, 2.05) is 0 Å². The minimum absolute atomic E-state index is 0.0940. The molecule has 0 aromatic heterocycles. The summed E-state index contributed by atoms with van der Waals surface area (Å²) >= 11 is 0. The average molecular weight is 246 g/mol. The SMILES string of the molecule is CCCCCCP(CCCCCC)OCC. The Hall–Kier alpha value is 0.390. The van der Waals surface area contributed by atoms with Gasteiger partial charge in [-0.25, -0.2) is 0 Å². The van der Waals surface area contributed by atoms with Gasteiger partial charge in [0.1, 0.15) is 0 Å². The quantitative estimate of drug-likeness (QED) is 0.322. The molecule has 0 saturated carbocycles. The van der Waals surface area contributed by atoms with Crippen molar-refractivity contribution < 1.29 is 4.52 Å². The van der Waals surface area contributed by atoms with Crippen LogP contribution < -0.4 is 0 Å². The van der Waals surface area contributed by atoms with Crippen molar-refractivity contribution in [2.75, 3.05) is 18.9 Å². The fraction of sp³-hybridized carbons (Fsp3) is 1.00. The van der Waals surface area contributed by atoms with Gasteiger partial charge in [0.05, 0.1) is 0 Å². The first kappa shape index (κ1) is 16.4. The first-order valence-electron chi connectivity index (χ1n) is 7.23. The number of unbranched alkanes of at least 4 members (excludes halogenated alkanes) is 6. The molecule has 0 heterocycles. The molecular formula is C14H31OP. The summed E-state index contributed by atoms with van der Waals surface area (Å²) in [5.74, 6) is 0. The van der Waals surface area contributed by atoms with Gasteiger partial charge in [0.2, 0.25) is 0 Å². The molecular weight excluding hydrogens is 215 g/mol. The lowest BCUT2D eigenvalue weighted by Crippen LogP contribution is -1.96. The van der Waals surface area contributed by atoms with Crippen molar-refractivity contribution >= 4 is 8.15 Å². The lowest BCUT2D eigenvalue weighted by Gasteiger charge is -2.16. The summed E-state index contributed by atoms with van der Waals surface area (Å²) in [7, 11) is -0.0940. The minimum Gasteiger partial charge on any atom is -0.360 e. The molecule has 0 fully saturated rings. The van der Waals surface area contributed by atoms with E-state index in [2.05, 4.69) is 20.8 Å². The van der Waals surface area contributed by atoms with Crippen LogP contribution in [0.4, 0.5) is 0 Å². The second-order valence-electron chi connectivity index (χ2n) is 4.47. The molecule has 0 unspecified atom stereocenters. The molecule has 0 aliphatic heterocycles. The van der Waals surface area contributed by atoms with E-state index in [0.717, 1.165) is 6.61 Å². The molecule has 0 aromatic rings. The molecule has 0 aromatic carbocycles. The predicted octanol–water partition coefficient (Wildman–Crippen LogP) is 5.58. The highest BCUT2D eigenvalue weighted by molar-refractivity contribution is 7.52. The van der Waals surface area contributed by atoms with Gasteiger partial charge in [0.15, 0.2) is 0 Å². The van der Waals surface area contributed by atoms with Gasteiger partial charge in [-0.1, -0.05) is 52.4 Å². The lowest BCUT2D eigenvalue weighted by atomic mass is 10.2.